The van der Waals surface area contributed by atoms with Crippen molar-refractivity contribution in [1.82, 2.24) is 10.3 Å². The Bertz CT molecular complexity index is 569. The Hall–Kier alpha value is -2.39. The van der Waals surface area contributed by atoms with Crippen LogP contribution >= 0.6 is 0 Å². The van der Waals surface area contributed by atoms with Gasteiger partial charge in [0.15, 0.2) is 0 Å². The summed E-state index contributed by atoms with van der Waals surface area (Å²) in [4.78, 5) is 27.5. The Morgan fingerprint density at radius 1 is 1.39 bits per heavy atom. The van der Waals surface area contributed by atoms with Gasteiger partial charge in [-0.3, -0.25) is 14.9 Å². The molecule has 1 aliphatic heterocycles. The molecular formula is C13H15F3N4O3. The van der Waals surface area contributed by atoms with E-state index in [9.17, 15) is 28.1 Å². The molecule has 126 valence electrons. The van der Waals surface area contributed by atoms with E-state index in [0.29, 0.717) is 31.7 Å². The van der Waals surface area contributed by atoms with Crippen LogP contribution in [0.4, 0.5) is 24.7 Å². The van der Waals surface area contributed by atoms with E-state index in [0.717, 1.165) is 6.20 Å². The number of aromatic nitrogens is 1. The van der Waals surface area contributed by atoms with Gasteiger partial charge in [0.2, 0.25) is 5.91 Å². The predicted octanol–water partition coefficient (Wildman–Crippen LogP) is 1.88. The van der Waals surface area contributed by atoms with Crippen LogP contribution in [0.1, 0.15) is 12.8 Å². The van der Waals surface area contributed by atoms with Crippen LogP contribution in [-0.4, -0.2) is 41.6 Å². The predicted molar refractivity (Wildman–Crippen MR) is 74.9 cm³/mol. The van der Waals surface area contributed by atoms with Gasteiger partial charge in [0.1, 0.15) is 18.6 Å². The molecule has 0 aromatic carbocycles. The first-order valence-corrected chi connectivity index (χ1v) is 6.96. The first kappa shape index (κ1) is 17.0. The number of halogens is 3. The van der Waals surface area contributed by atoms with Gasteiger partial charge in [-0.2, -0.15) is 13.2 Å². The number of anilines is 1. The molecule has 1 aromatic heterocycles. The molecule has 1 saturated heterocycles. The number of rotatable bonds is 4. The maximum Gasteiger partial charge on any atom is 0.405 e. The average molecular weight is 332 g/mol. The van der Waals surface area contributed by atoms with Crippen molar-refractivity contribution in [3.05, 3.63) is 28.4 Å². The second-order valence-corrected chi connectivity index (χ2v) is 5.23. The monoisotopic (exact) mass is 332 g/mol. The zero-order valence-corrected chi connectivity index (χ0v) is 12.0. The lowest BCUT2D eigenvalue weighted by Crippen LogP contribution is -2.43. The second-order valence-electron chi connectivity index (χ2n) is 5.23. The van der Waals surface area contributed by atoms with Gasteiger partial charge in [0.25, 0.3) is 5.69 Å². The van der Waals surface area contributed by atoms with Crippen molar-refractivity contribution in [2.75, 3.05) is 24.5 Å². The number of nitrogens with one attached hydrogen (secondary N) is 1. The summed E-state index contributed by atoms with van der Waals surface area (Å²) in [5.74, 6) is -0.518. The molecule has 0 bridgehead atoms. The quantitative estimate of drug-likeness (QED) is 0.672. The number of carbonyl (C=O) groups excluding carboxylic acids is 1. The van der Waals surface area contributed by atoms with E-state index in [4.69, 9.17) is 0 Å². The largest absolute Gasteiger partial charge is 0.405 e. The minimum Gasteiger partial charge on any atom is -0.357 e. The molecule has 1 fully saturated rings. The summed E-state index contributed by atoms with van der Waals surface area (Å²) in [6.45, 7) is -0.417. The van der Waals surface area contributed by atoms with Crippen molar-refractivity contribution in [1.29, 1.82) is 0 Å². The van der Waals surface area contributed by atoms with E-state index in [2.05, 4.69) is 4.98 Å². The number of carbonyl (C=O) groups is 1. The summed E-state index contributed by atoms with van der Waals surface area (Å²) < 4.78 is 36.2. The van der Waals surface area contributed by atoms with Crippen LogP contribution in [0.3, 0.4) is 0 Å². The molecule has 0 atom stereocenters. The first-order chi connectivity index (χ1) is 10.8. The van der Waals surface area contributed by atoms with E-state index in [1.165, 1.54) is 12.1 Å². The molecule has 0 unspecified atom stereocenters. The summed E-state index contributed by atoms with van der Waals surface area (Å²) in [6.07, 6.45) is -2.46. The molecule has 2 rings (SSSR count). The van der Waals surface area contributed by atoms with Crippen molar-refractivity contribution >= 4 is 17.4 Å². The molecule has 1 aliphatic rings. The highest BCUT2D eigenvalue weighted by Crippen LogP contribution is 2.23. The van der Waals surface area contributed by atoms with E-state index < -0.39 is 29.5 Å². The Morgan fingerprint density at radius 3 is 2.52 bits per heavy atom. The molecule has 7 nitrogen and oxygen atoms in total. The van der Waals surface area contributed by atoms with Gasteiger partial charge in [0, 0.05) is 25.1 Å². The van der Waals surface area contributed by atoms with Gasteiger partial charge >= 0.3 is 6.18 Å². The molecule has 0 aliphatic carbocycles. The van der Waals surface area contributed by atoms with Crippen molar-refractivity contribution in [2.45, 2.75) is 19.0 Å². The van der Waals surface area contributed by atoms with Gasteiger partial charge < -0.3 is 10.2 Å². The standard InChI is InChI=1S/C13H15F3N4O3/c14-13(15,16)8-18-12(21)9-3-5-19(6-4-9)11-2-1-10(7-17-11)20(22)23/h1-2,7,9H,3-6,8H2,(H,18,21). The third-order valence-electron chi connectivity index (χ3n) is 3.60. The lowest BCUT2D eigenvalue weighted by molar-refractivity contribution is -0.385. The van der Waals surface area contributed by atoms with Gasteiger partial charge in [0.05, 0.1) is 4.92 Å². The fourth-order valence-electron chi connectivity index (χ4n) is 2.38. The van der Waals surface area contributed by atoms with Gasteiger partial charge in [-0.15, -0.1) is 0 Å². The number of hydrogen-bond acceptors (Lipinski definition) is 5. The van der Waals surface area contributed by atoms with Crippen LogP contribution < -0.4 is 10.2 Å². The van der Waals surface area contributed by atoms with Crippen LogP contribution in [0.2, 0.25) is 0 Å². The van der Waals surface area contributed by atoms with Crippen LogP contribution in [0.15, 0.2) is 18.3 Å². The summed E-state index contributed by atoms with van der Waals surface area (Å²) in [7, 11) is 0. The van der Waals surface area contributed by atoms with Crippen LogP contribution in [-0.2, 0) is 4.79 Å². The molecule has 2 heterocycles. The summed E-state index contributed by atoms with van der Waals surface area (Å²) >= 11 is 0. The fourth-order valence-corrected chi connectivity index (χ4v) is 2.38. The Morgan fingerprint density at radius 2 is 2.04 bits per heavy atom. The fraction of sp³-hybridized carbons (Fsp3) is 0.538. The number of nitro groups is 1. The number of piperidine rings is 1. The van der Waals surface area contributed by atoms with E-state index in [1.54, 1.807) is 0 Å². The number of amides is 1. The van der Waals surface area contributed by atoms with Crippen LogP contribution in [0.25, 0.3) is 0 Å². The molecule has 1 amide bonds. The Labute approximate surface area is 129 Å². The number of pyridine rings is 1. The minimum atomic E-state index is -4.42. The average Bonchev–Trinajstić information content (AvgIpc) is 2.52. The molecule has 0 radical (unpaired) electrons. The second kappa shape index (κ2) is 6.80. The Balaban J connectivity index is 1.86. The van der Waals surface area contributed by atoms with Crippen LogP contribution in [0.5, 0.6) is 0 Å². The molecule has 1 aromatic rings. The minimum absolute atomic E-state index is 0.116. The van der Waals surface area contributed by atoms with E-state index in [-0.39, 0.29) is 5.69 Å². The van der Waals surface area contributed by atoms with Gasteiger partial charge in [-0.05, 0) is 18.9 Å². The zero-order valence-electron chi connectivity index (χ0n) is 12.0. The smallest absolute Gasteiger partial charge is 0.357 e. The summed E-state index contributed by atoms with van der Waals surface area (Å²) in [5, 5.41) is 12.5. The van der Waals surface area contributed by atoms with E-state index in [1.807, 2.05) is 10.2 Å². The van der Waals surface area contributed by atoms with E-state index >= 15 is 0 Å². The zero-order chi connectivity index (χ0) is 17.0. The number of nitrogens with zero attached hydrogens (tertiary/aromatic N) is 3. The molecule has 10 heteroatoms. The molecule has 0 spiro atoms. The highest BCUT2D eigenvalue weighted by atomic mass is 19.4. The van der Waals surface area contributed by atoms with Crippen LogP contribution in [0, 0.1) is 16.0 Å². The number of alkyl halides is 3. The van der Waals surface area contributed by atoms with Crippen molar-refractivity contribution < 1.29 is 22.9 Å². The normalized spacial score (nSPS) is 16.2. The van der Waals surface area contributed by atoms with Crippen molar-refractivity contribution in [2.24, 2.45) is 5.92 Å². The maximum atomic E-state index is 12.1. The number of hydrogen-bond donors (Lipinski definition) is 1. The Kier molecular flexibility index (Phi) is 5.02. The molecule has 23 heavy (non-hydrogen) atoms. The van der Waals surface area contributed by atoms with Gasteiger partial charge in [-0.1, -0.05) is 0 Å². The summed E-state index contributed by atoms with van der Waals surface area (Å²) in [6, 6.07) is 2.85. The molecular weight excluding hydrogens is 317 g/mol. The van der Waals surface area contributed by atoms with Gasteiger partial charge in [-0.25, -0.2) is 4.98 Å². The first-order valence-electron chi connectivity index (χ1n) is 6.96. The van der Waals surface area contributed by atoms with Crippen molar-refractivity contribution in [3.8, 4) is 0 Å². The molecule has 1 N–H and O–H groups in total. The SMILES string of the molecule is O=C(NCC(F)(F)F)C1CCN(c2ccc([N+](=O)[O-])cn2)CC1. The highest BCUT2D eigenvalue weighted by Gasteiger charge is 2.31. The lowest BCUT2D eigenvalue weighted by atomic mass is 9.96. The summed E-state index contributed by atoms with van der Waals surface area (Å²) in [5.41, 5.74) is -0.116. The molecule has 0 saturated carbocycles. The third-order valence-corrected chi connectivity index (χ3v) is 3.60. The highest BCUT2D eigenvalue weighted by molar-refractivity contribution is 5.79. The lowest BCUT2D eigenvalue weighted by Gasteiger charge is -2.32. The third kappa shape index (κ3) is 4.80. The van der Waals surface area contributed by atoms with Crippen molar-refractivity contribution in [3.63, 3.8) is 0 Å². The maximum absolute atomic E-state index is 12.1. The topological polar surface area (TPSA) is 88.4 Å².